The van der Waals surface area contributed by atoms with E-state index in [1.807, 2.05) is 6.92 Å². The standard InChI is InChI=1S/C16H22N3O9P/c1-2-4-13(21)17-6-3-5-10-8-19(16(23)18-15(10)22)14-7-11(20)12(28-14)9-27-29(24,25)26/h8,11-12,14,20H,2,4,6-7,9H2,1H3,(H,17,21)(H,18,22,23)(H2,24,25,26)/t11?,12-,14-/m1/s1. The number of ether oxygens (including phenoxy) is 1. The Morgan fingerprint density at radius 1 is 1.48 bits per heavy atom. The minimum Gasteiger partial charge on any atom is -0.390 e. The molecule has 1 aromatic heterocycles. The van der Waals surface area contributed by atoms with E-state index in [0.29, 0.717) is 12.8 Å². The van der Waals surface area contributed by atoms with Crippen LogP contribution >= 0.6 is 7.82 Å². The number of nitrogens with one attached hydrogen (secondary N) is 2. The van der Waals surface area contributed by atoms with E-state index >= 15 is 0 Å². The summed E-state index contributed by atoms with van der Waals surface area (Å²) in [5.74, 6) is 5.00. The molecule has 0 spiro atoms. The summed E-state index contributed by atoms with van der Waals surface area (Å²) in [7, 11) is -4.74. The van der Waals surface area contributed by atoms with Crippen LogP contribution < -0.4 is 16.6 Å². The third kappa shape index (κ3) is 6.93. The van der Waals surface area contributed by atoms with Gasteiger partial charge in [0.25, 0.3) is 5.56 Å². The summed E-state index contributed by atoms with van der Waals surface area (Å²) in [6.07, 6.45) is -1.07. The van der Waals surface area contributed by atoms with Gasteiger partial charge in [0.15, 0.2) is 0 Å². The summed E-state index contributed by atoms with van der Waals surface area (Å²) in [6.45, 7) is 1.31. The largest absolute Gasteiger partial charge is 0.469 e. The Morgan fingerprint density at radius 2 is 2.21 bits per heavy atom. The Balaban J connectivity index is 2.11. The highest BCUT2D eigenvalue weighted by atomic mass is 31.2. The fourth-order valence-electron chi connectivity index (χ4n) is 2.59. The average molecular weight is 431 g/mol. The molecule has 2 heterocycles. The van der Waals surface area contributed by atoms with Crippen molar-refractivity contribution in [1.29, 1.82) is 0 Å². The average Bonchev–Trinajstić information content (AvgIpc) is 2.98. The molecule has 1 amide bonds. The number of carbonyl (C=O) groups is 1. The smallest absolute Gasteiger partial charge is 0.390 e. The van der Waals surface area contributed by atoms with E-state index in [4.69, 9.17) is 14.5 Å². The first kappa shape index (κ1) is 23.0. The monoisotopic (exact) mass is 431 g/mol. The number of phosphoric acid groups is 1. The maximum absolute atomic E-state index is 12.1. The molecule has 1 saturated heterocycles. The zero-order valence-electron chi connectivity index (χ0n) is 15.5. The van der Waals surface area contributed by atoms with Crippen molar-refractivity contribution in [3.8, 4) is 11.8 Å². The number of aromatic nitrogens is 2. The molecular formula is C16H22N3O9P. The second-order valence-electron chi connectivity index (χ2n) is 6.26. The van der Waals surface area contributed by atoms with Gasteiger partial charge in [-0.05, 0) is 6.42 Å². The SMILES string of the molecule is CCCC(=O)NCC#Cc1cn([C@H]2CC(O)[C@@H](COP(=O)(O)O)O2)c(=O)[nH]c1=O. The molecule has 3 atom stereocenters. The molecule has 1 aliphatic rings. The molecule has 0 aromatic carbocycles. The van der Waals surface area contributed by atoms with Crippen LogP contribution in [-0.2, 0) is 18.6 Å². The highest BCUT2D eigenvalue weighted by Crippen LogP contribution is 2.38. The molecule has 0 radical (unpaired) electrons. The molecule has 2 rings (SSSR count). The first-order valence-corrected chi connectivity index (χ1v) is 10.3. The molecule has 1 aliphatic heterocycles. The lowest BCUT2D eigenvalue weighted by Gasteiger charge is -2.16. The summed E-state index contributed by atoms with van der Waals surface area (Å²) in [4.78, 5) is 55.0. The first-order chi connectivity index (χ1) is 13.6. The zero-order valence-corrected chi connectivity index (χ0v) is 16.4. The maximum Gasteiger partial charge on any atom is 0.469 e. The molecule has 0 saturated carbocycles. The van der Waals surface area contributed by atoms with Gasteiger partial charge in [0.05, 0.1) is 19.3 Å². The van der Waals surface area contributed by atoms with Crippen molar-refractivity contribution in [2.75, 3.05) is 13.2 Å². The van der Waals surface area contributed by atoms with Gasteiger partial charge in [-0.1, -0.05) is 18.8 Å². The Bertz CT molecular complexity index is 955. The van der Waals surface area contributed by atoms with E-state index in [-0.39, 0.29) is 24.4 Å². The van der Waals surface area contributed by atoms with Crippen LogP contribution in [0.1, 0.15) is 38.0 Å². The number of aliphatic hydroxyl groups is 1. The third-order valence-corrected chi connectivity index (χ3v) is 4.45. The van der Waals surface area contributed by atoms with Gasteiger partial charge in [-0.2, -0.15) is 0 Å². The van der Waals surface area contributed by atoms with E-state index in [2.05, 4.69) is 26.7 Å². The van der Waals surface area contributed by atoms with Crippen LogP contribution in [0, 0.1) is 11.8 Å². The Hall–Kier alpha value is -2.26. The van der Waals surface area contributed by atoms with Crippen LogP contribution in [0.2, 0.25) is 0 Å². The highest BCUT2D eigenvalue weighted by Gasteiger charge is 2.37. The van der Waals surface area contributed by atoms with Crippen molar-refractivity contribution in [2.24, 2.45) is 0 Å². The van der Waals surface area contributed by atoms with E-state index in [0.717, 1.165) is 10.8 Å². The number of rotatable bonds is 7. The summed E-state index contributed by atoms with van der Waals surface area (Å²) >= 11 is 0. The highest BCUT2D eigenvalue weighted by molar-refractivity contribution is 7.46. The number of hydrogen-bond acceptors (Lipinski definition) is 7. The van der Waals surface area contributed by atoms with Crippen LogP contribution in [0.25, 0.3) is 0 Å². The lowest BCUT2D eigenvalue weighted by Crippen LogP contribution is -2.33. The van der Waals surface area contributed by atoms with Crippen molar-refractivity contribution in [2.45, 2.75) is 44.6 Å². The van der Waals surface area contributed by atoms with Gasteiger partial charge in [0, 0.05) is 19.0 Å². The van der Waals surface area contributed by atoms with E-state index in [9.17, 15) is 24.1 Å². The van der Waals surface area contributed by atoms with E-state index < -0.39 is 44.1 Å². The summed E-state index contributed by atoms with van der Waals surface area (Å²) < 4.78 is 21.6. The maximum atomic E-state index is 12.1. The fraction of sp³-hybridized carbons (Fsp3) is 0.562. The second-order valence-corrected chi connectivity index (χ2v) is 7.50. The van der Waals surface area contributed by atoms with Gasteiger partial charge in [-0.3, -0.25) is 23.7 Å². The Morgan fingerprint density at radius 3 is 2.86 bits per heavy atom. The number of H-pyrrole nitrogens is 1. The molecule has 1 aromatic rings. The zero-order chi connectivity index (χ0) is 21.6. The van der Waals surface area contributed by atoms with Crippen LogP contribution in [0.3, 0.4) is 0 Å². The molecule has 0 aliphatic carbocycles. The van der Waals surface area contributed by atoms with Crippen molar-refractivity contribution >= 4 is 13.7 Å². The normalized spacial score (nSPS) is 21.4. The fourth-order valence-corrected chi connectivity index (χ4v) is 2.93. The van der Waals surface area contributed by atoms with Crippen molar-refractivity contribution in [1.82, 2.24) is 14.9 Å². The molecule has 0 bridgehead atoms. The molecular weight excluding hydrogens is 409 g/mol. The molecule has 29 heavy (non-hydrogen) atoms. The number of carbonyl (C=O) groups excluding carboxylic acids is 1. The lowest BCUT2D eigenvalue weighted by atomic mass is 10.2. The number of hydrogen-bond donors (Lipinski definition) is 5. The molecule has 160 valence electrons. The minimum absolute atomic E-state index is 0.0256. The Kier molecular flexibility index (Phi) is 7.92. The Labute approximate surface area is 165 Å². The number of phosphoric ester groups is 1. The summed E-state index contributed by atoms with van der Waals surface area (Å²) in [5.41, 5.74) is -1.58. The van der Waals surface area contributed by atoms with Crippen LogP contribution in [-0.4, -0.2) is 55.7 Å². The minimum atomic E-state index is -4.74. The predicted molar refractivity (Wildman–Crippen MR) is 98.6 cm³/mol. The van der Waals surface area contributed by atoms with Gasteiger partial charge < -0.3 is 24.9 Å². The van der Waals surface area contributed by atoms with Gasteiger partial charge >= 0.3 is 13.5 Å². The predicted octanol–water partition coefficient (Wildman–Crippen LogP) is -1.44. The molecule has 13 heteroatoms. The van der Waals surface area contributed by atoms with Crippen molar-refractivity contribution < 1.29 is 33.5 Å². The lowest BCUT2D eigenvalue weighted by molar-refractivity contribution is -0.120. The van der Waals surface area contributed by atoms with E-state index in [1.165, 1.54) is 0 Å². The summed E-state index contributed by atoms with van der Waals surface area (Å²) in [5, 5.41) is 12.6. The number of aromatic amines is 1. The molecule has 5 N–H and O–H groups in total. The third-order valence-electron chi connectivity index (χ3n) is 3.96. The van der Waals surface area contributed by atoms with Crippen LogP contribution in [0.15, 0.2) is 15.8 Å². The second kappa shape index (κ2) is 9.98. The topological polar surface area (TPSA) is 180 Å². The first-order valence-electron chi connectivity index (χ1n) is 8.75. The number of amides is 1. The molecule has 12 nitrogen and oxygen atoms in total. The summed E-state index contributed by atoms with van der Waals surface area (Å²) in [6, 6.07) is 0. The van der Waals surface area contributed by atoms with Gasteiger partial charge in [-0.25, -0.2) is 9.36 Å². The number of nitrogens with zero attached hydrogens (tertiary/aromatic N) is 1. The van der Waals surface area contributed by atoms with E-state index in [1.54, 1.807) is 0 Å². The van der Waals surface area contributed by atoms with Gasteiger partial charge in [0.1, 0.15) is 17.9 Å². The van der Waals surface area contributed by atoms with Crippen molar-refractivity contribution in [3.05, 3.63) is 32.6 Å². The van der Waals surface area contributed by atoms with Gasteiger partial charge in [0.2, 0.25) is 5.91 Å². The van der Waals surface area contributed by atoms with Crippen LogP contribution in [0.4, 0.5) is 0 Å². The van der Waals surface area contributed by atoms with Crippen molar-refractivity contribution in [3.63, 3.8) is 0 Å². The molecule has 1 fully saturated rings. The molecule has 1 unspecified atom stereocenters. The van der Waals surface area contributed by atoms with Crippen LogP contribution in [0.5, 0.6) is 0 Å². The number of aliphatic hydroxyl groups excluding tert-OH is 1. The van der Waals surface area contributed by atoms with Gasteiger partial charge in [-0.15, -0.1) is 0 Å². The quantitative estimate of drug-likeness (QED) is 0.255.